The molecule has 0 bridgehead atoms. The second-order valence-electron chi connectivity index (χ2n) is 3.01. The van der Waals surface area contributed by atoms with Crippen molar-refractivity contribution in [2.75, 3.05) is 38.1 Å². The zero-order valence-corrected chi connectivity index (χ0v) is 7.92. The molecule has 1 fully saturated rings. The summed E-state index contributed by atoms with van der Waals surface area (Å²) in [4.78, 5) is 8.80. The number of piperazine rings is 1. The van der Waals surface area contributed by atoms with Crippen LogP contribution in [0, 0.1) is 0 Å². The van der Waals surface area contributed by atoms with Crippen LogP contribution in [0.25, 0.3) is 0 Å². The third kappa shape index (κ3) is 1.56. The van der Waals surface area contributed by atoms with Crippen molar-refractivity contribution in [1.29, 1.82) is 0 Å². The van der Waals surface area contributed by atoms with E-state index in [1.54, 1.807) is 6.33 Å². The molecule has 5 heteroatoms. The van der Waals surface area contributed by atoms with E-state index in [1.165, 1.54) is 11.5 Å². The summed E-state index contributed by atoms with van der Waals surface area (Å²) in [6, 6.07) is 0. The highest BCUT2D eigenvalue weighted by atomic mass is 32.1. The van der Waals surface area contributed by atoms with Crippen molar-refractivity contribution in [2.45, 2.75) is 0 Å². The highest BCUT2D eigenvalue weighted by molar-refractivity contribution is 7.09. The molecule has 2 rings (SSSR count). The van der Waals surface area contributed by atoms with Gasteiger partial charge in [0.05, 0.1) is 0 Å². The minimum atomic E-state index is 1.06. The van der Waals surface area contributed by atoms with Crippen molar-refractivity contribution in [3.63, 3.8) is 0 Å². The third-order valence-corrected chi connectivity index (χ3v) is 2.85. The quantitative estimate of drug-likeness (QED) is 0.628. The van der Waals surface area contributed by atoms with Gasteiger partial charge in [-0.3, -0.25) is 0 Å². The lowest BCUT2D eigenvalue weighted by atomic mass is 10.3. The van der Waals surface area contributed by atoms with Crippen LogP contribution >= 0.6 is 11.5 Å². The largest absolute Gasteiger partial charge is 0.344 e. The van der Waals surface area contributed by atoms with Crippen molar-refractivity contribution >= 4 is 16.7 Å². The topological polar surface area (TPSA) is 32.3 Å². The summed E-state index contributed by atoms with van der Waals surface area (Å²) in [6.45, 7) is 4.40. The molecule has 2 heterocycles. The van der Waals surface area contributed by atoms with Gasteiger partial charge in [0.25, 0.3) is 0 Å². The fraction of sp³-hybridized carbons (Fsp3) is 0.714. The van der Waals surface area contributed by atoms with E-state index in [0.717, 1.165) is 31.3 Å². The van der Waals surface area contributed by atoms with Gasteiger partial charge in [-0.05, 0) is 7.05 Å². The van der Waals surface area contributed by atoms with Crippen LogP contribution < -0.4 is 4.90 Å². The molecule has 0 N–H and O–H groups in total. The molecule has 0 radical (unpaired) electrons. The number of rotatable bonds is 1. The first-order valence-corrected chi connectivity index (χ1v) is 4.84. The van der Waals surface area contributed by atoms with Gasteiger partial charge in [-0.1, -0.05) is 0 Å². The fourth-order valence-electron chi connectivity index (χ4n) is 1.30. The van der Waals surface area contributed by atoms with Crippen molar-refractivity contribution < 1.29 is 0 Å². The maximum absolute atomic E-state index is 4.18. The van der Waals surface area contributed by atoms with E-state index in [9.17, 15) is 0 Å². The van der Waals surface area contributed by atoms with Gasteiger partial charge >= 0.3 is 0 Å². The summed E-state index contributed by atoms with van der Waals surface area (Å²) in [5.74, 6) is 0. The molecule has 0 aliphatic carbocycles. The number of hydrogen-bond donors (Lipinski definition) is 0. The Kier molecular flexibility index (Phi) is 2.23. The summed E-state index contributed by atoms with van der Waals surface area (Å²) in [5.41, 5.74) is 0. The van der Waals surface area contributed by atoms with Gasteiger partial charge in [-0.15, -0.1) is 0 Å². The van der Waals surface area contributed by atoms with Gasteiger partial charge in [0, 0.05) is 37.7 Å². The fourth-order valence-corrected chi connectivity index (χ4v) is 1.89. The molecule has 0 unspecified atom stereocenters. The van der Waals surface area contributed by atoms with Crippen LogP contribution in [-0.4, -0.2) is 47.5 Å². The summed E-state index contributed by atoms with van der Waals surface area (Å²) in [5, 5.41) is 1.06. The Balaban J connectivity index is 1.99. The second kappa shape index (κ2) is 3.37. The van der Waals surface area contributed by atoms with Crippen molar-refractivity contribution in [3.05, 3.63) is 6.33 Å². The van der Waals surface area contributed by atoms with Gasteiger partial charge in [-0.25, -0.2) is 4.98 Å². The molecule has 0 atom stereocenters. The van der Waals surface area contributed by atoms with Gasteiger partial charge < -0.3 is 9.80 Å². The summed E-state index contributed by atoms with van der Waals surface area (Å²) >= 11 is 1.48. The van der Waals surface area contributed by atoms with Crippen LogP contribution in [0.3, 0.4) is 0 Å². The maximum atomic E-state index is 4.18. The molecule has 4 nitrogen and oxygen atoms in total. The highest BCUT2D eigenvalue weighted by Crippen LogP contribution is 2.15. The van der Waals surface area contributed by atoms with Gasteiger partial charge in [0.15, 0.2) is 0 Å². The lowest BCUT2D eigenvalue weighted by molar-refractivity contribution is 0.313. The van der Waals surface area contributed by atoms with Gasteiger partial charge in [0.1, 0.15) is 6.33 Å². The van der Waals surface area contributed by atoms with Gasteiger partial charge in [0.2, 0.25) is 5.13 Å². The van der Waals surface area contributed by atoms with Gasteiger partial charge in [-0.2, -0.15) is 4.37 Å². The normalized spacial score (nSPS) is 19.9. The molecule has 0 amide bonds. The van der Waals surface area contributed by atoms with Crippen LogP contribution in [0.15, 0.2) is 6.33 Å². The first-order valence-electron chi connectivity index (χ1n) is 4.06. The molecule has 0 saturated carbocycles. The molecule has 1 aliphatic rings. The molecule has 1 saturated heterocycles. The minimum absolute atomic E-state index is 1.06. The Bertz CT molecular complexity index is 228. The zero-order valence-electron chi connectivity index (χ0n) is 7.10. The van der Waals surface area contributed by atoms with Crippen molar-refractivity contribution in [3.8, 4) is 0 Å². The van der Waals surface area contributed by atoms with Crippen molar-refractivity contribution in [2.24, 2.45) is 0 Å². The van der Waals surface area contributed by atoms with E-state index in [-0.39, 0.29) is 0 Å². The minimum Gasteiger partial charge on any atom is -0.344 e. The van der Waals surface area contributed by atoms with E-state index in [2.05, 4.69) is 26.2 Å². The molecule has 1 aliphatic heterocycles. The first kappa shape index (κ1) is 7.94. The number of likely N-dealkylation sites (N-methyl/N-ethyl adjacent to an activating group) is 1. The zero-order chi connectivity index (χ0) is 8.39. The monoisotopic (exact) mass is 184 g/mol. The number of hydrogen-bond acceptors (Lipinski definition) is 5. The molecule has 1 aromatic rings. The molecule has 12 heavy (non-hydrogen) atoms. The van der Waals surface area contributed by atoms with Crippen LogP contribution in [0.2, 0.25) is 0 Å². The van der Waals surface area contributed by atoms with E-state index in [1.807, 2.05) is 0 Å². The maximum Gasteiger partial charge on any atom is 0.205 e. The number of aromatic nitrogens is 2. The van der Waals surface area contributed by atoms with Crippen LogP contribution in [0.4, 0.5) is 5.13 Å². The average molecular weight is 184 g/mol. The number of anilines is 1. The molecular formula is C7H12N4S. The molecule has 1 aromatic heterocycles. The highest BCUT2D eigenvalue weighted by Gasteiger charge is 2.15. The Morgan fingerprint density at radius 3 is 2.67 bits per heavy atom. The first-order chi connectivity index (χ1) is 5.86. The third-order valence-electron chi connectivity index (χ3n) is 2.12. The molecule has 0 spiro atoms. The predicted octanol–water partition coefficient (Wildman–Crippen LogP) is 0.290. The molecule has 0 aromatic carbocycles. The summed E-state index contributed by atoms with van der Waals surface area (Å²) < 4.78 is 3.99. The Hall–Kier alpha value is -0.680. The lowest BCUT2D eigenvalue weighted by Crippen LogP contribution is -2.44. The Morgan fingerprint density at radius 1 is 1.33 bits per heavy atom. The van der Waals surface area contributed by atoms with E-state index >= 15 is 0 Å². The van der Waals surface area contributed by atoms with E-state index in [4.69, 9.17) is 0 Å². The number of nitrogens with zero attached hydrogens (tertiary/aromatic N) is 4. The molecular weight excluding hydrogens is 172 g/mol. The Morgan fingerprint density at radius 2 is 2.08 bits per heavy atom. The SMILES string of the molecule is CN1CCN(c2ncns2)CC1. The standard InChI is InChI=1S/C7H12N4S/c1-10-2-4-11(5-3-10)7-8-6-9-12-7/h6H,2-5H2,1H3. The summed E-state index contributed by atoms with van der Waals surface area (Å²) in [7, 11) is 2.15. The predicted molar refractivity (Wildman–Crippen MR) is 49.6 cm³/mol. The summed E-state index contributed by atoms with van der Waals surface area (Å²) in [6.07, 6.45) is 1.62. The van der Waals surface area contributed by atoms with Crippen LogP contribution in [0.5, 0.6) is 0 Å². The average Bonchev–Trinajstić information content (AvgIpc) is 2.58. The molecule has 66 valence electrons. The second-order valence-corrected chi connectivity index (χ2v) is 3.77. The van der Waals surface area contributed by atoms with Crippen LogP contribution in [0.1, 0.15) is 0 Å². The lowest BCUT2D eigenvalue weighted by Gasteiger charge is -2.31. The smallest absolute Gasteiger partial charge is 0.205 e. The van der Waals surface area contributed by atoms with Crippen LogP contribution in [-0.2, 0) is 0 Å². The van der Waals surface area contributed by atoms with E-state index < -0.39 is 0 Å². The Labute approximate surface area is 76.0 Å². The van der Waals surface area contributed by atoms with E-state index in [0.29, 0.717) is 0 Å². The van der Waals surface area contributed by atoms with Crippen molar-refractivity contribution in [1.82, 2.24) is 14.3 Å².